The van der Waals surface area contributed by atoms with Gasteiger partial charge in [-0.05, 0) is 71.2 Å². The van der Waals surface area contributed by atoms with E-state index in [-0.39, 0.29) is 0 Å². The molecule has 4 rings (SSSR count). The molecule has 0 fully saturated rings. The number of hydrogen-bond acceptors (Lipinski definition) is 2. The quantitative estimate of drug-likeness (QED) is 0.217. The molecular weight excluding hydrogens is 438 g/mol. The Bertz CT molecular complexity index is 1160. The molecule has 174 valence electrons. The molecule has 3 heteroatoms. The minimum absolute atomic E-state index is 0.516. The van der Waals surface area contributed by atoms with Crippen molar-refractivity contribution >= 4 is 11.6 Å². The zero-order valence-corrected chi connectivity index (χ0v) is 20.7. The fraction of sp³-hybridized carbons (Fsp3) is 0.258. The zero-order valence-electron chi connectivity index (χ0n) is 20.0. The van der Waals surface area contributed by atoms with Crippen LogP contribution in [-0.4, -0.2) is 4.98 Å². The van der Waals surface area contributed by atoms with E-state index in [1.54, 1.807) is 0 Å². The SMILES string of the molecule is CC(Cc1ccc(CCl)cc1)CC(C)c1ccc(COc2cccc(-c3ccccn3)c2)cc1. The van der Waals surface area contributed by atoms with Gasteiger partial charge in [-0.15, -0.1) is 11.6 Å². The molecule has 0 aliphatic heterocycles. The number of rotatable bonds is 10. The average Bonchev–Trinajstić information content (AvgIpc) is 2.89. The molecule has 0 spiro atoms. The summed E-state index contributed by atoms with van der Waals surface area (Å²) < 4.78 is 6.07. The lowest BCUT2D eigenvalue weighted by Gasteiger charge is -2.18. The second-order valence-corrected chi connectivity index (χ2v) is 9.44. The van der Waals surface area contributed by atoms with Gasteiger partial charge in [0.2, 0.25) is 0 Å². The standard InChI is InChI=1S/C31H32ClNO/c1-23(19-25-9-11-26(21-32)12-10-25)18-24(2)28-15-13-27(14-16-28)22-34-30-7-5-6-29(20-30)31-8-3-4-17-33-31/h3-17,20,23-24H,18-19,21-22H2,1-2H3. The second kappa shape index (κ2) is 11.9. The van der Waals surface area contributed by atoms with Crippen LogP contribution in [0.3, 0.4) is 0 Å². The van der Waals surface area contributed by atoms with Crippen LogP contribution < -0.4 is 4.74 Å². The Kier molecular flexibility index (Phi) is 8.38. The molecule has 0 aliphatic rings. The van der Waals surface area contributed by atoms with Crippen LogP contribution in [-0.2, 0) is 18.9 Å². The molecule has 0 saturated heterocycles. The Morgan fingerprint density at radius 1 is 0.794 bits per heavy atom. The number of pyridine rings is 1. The topological polar surface area (TPSA) is 22.1 Å². The van der Waals surface area contributed by atoms with Crippen molar-refractivity contribution in [3.8, 4) is 17.0 Å². The summed E-state index contributed by atoms with van der Waals surface area (Å²) in [6.45, 7) is 5.21. The first kappa shape index (κ1) is 24.0. The minimum atomic E-state index is 0.516. The monoisotopic (exact) mass is 469 g/mol. The summed E-state index contributed by atoms with van der Waals surface area (Å²) in [6.07, 6.45) is 4.06. The van der Waals surface area contributed by atoms with E-state index in [1.165, 1.54) is 22.3 Å². The third-order valence-electron chi connectivity index (χ3n) is 6.27. The molecule has 0 bridgehead atoms. The summed E-state index contributed by atoms with van der Waals surface area (Å²) in [5.41, 5.74) is 7.13. The smallest absolute Gasteiger partial charge is 0.120 e. The van der Waals surface area contributed by atoms with Crippen molar-refractivity contribution in [1.82, 2.24) is 4.98 Å². The van der Waals surface area contributed by atoms with Crippen molar-refractivity contribution < 1.29 is 4.74 Å². The summed E-state index contributed by atoms with van der Waals surface area (Å²) >= 11 is 5.90. The molecule has 0 N–H and O–H groups in total. The molecule has 2 unspecified atom stereocenters. The average molecular weight is 470 g/mol. The van der Waals surface area contributed by atoms with Crippen molar-refractivity contribution in [2.45, 2.75) is 45.1 Å². The van der Waals surface area contributed by atoms with E-state index in [9.17, 15) is 0 Å². The summed E-state index contributed by atoms with van der Waals surface area (Å²) in [4.78, 5) is 4.42. The minimum Gasteiger partial charge on any atom is -0.489 e. The Hall–Kier alpha value is -3.10. The van der Waals surface area contributed by atoms with Crippen LogP contribution in [0.25, 0.3) is 11.3 Å². The van der Waals surface area contributed by atoms with Gasteiger partial charge in [0.1, 0.15) is 12.4 Å². The van der Waals surface area contributed by atoms with E-state index in [4.69, 9.17) is 16.3 Å². The first-order valence-corrected chi connectivity index (χ1v) is 12.5. The van der Waals surface area contributed by atoms with Gasteiger partial charge < -0.3 is 4.74 Å². The van der Waals surface area contributed by atoms with Crippen molar-refractivity contribution in [3.05, 3.63) is 119 Å². The van der Waals surface area contributed by atoms with Crippen LogP contribution in [0.1, 0.15) is 48.4 Å². The number of halogens is 1. The third kappa shape index (κ3) is 6.71. The highest BCUT2D eigenvalue weighted by Crippen LogP contribution is 2.27. The van der Waals surface area contributed by atoms with E-state index in [0.29, 0.717) is 24.3 Å². The molecule has 0 amide bonds. The number of benzene rings is 3. The fourth-order valence-electron chi connectivity index (χ4n) is 4.38. The van der Waals surface area contributed by atoms with E-state index < -0.39 is 0 Å². The summed E-state index contributed by atoms with van der Waals surface area (Å²) in [7, 11) is 0. The Morgan fingerprint density at radius 3 is 2.24 bits per heavy atom. The van der Waals surface area contributed by atoms with Crippen LogP contribution in [0.4, 0.5) is 0 Å². The highest BCUT2D eigenvalue weighted by Gasteiger charge is 2.12. The highest BCUT2D eigenvalue weighted by atomic mass is 35.5. The lowest BCUT2D eigenvalue weighted by molar-refractivity contribution is 0.306. The Balaban J connectivity index is 1.29. The maximum atomic E-state index is 6.07. The molecule has 0 aliphatic carbocycles. The molecule has 0 saturated carbocycles. The first-order chi connectivity index (χ1) is 16.6. The zero-order chi connectivity index (χ0) is 23.8. The lowest BCUT2D eigenvalue weighted by atomic mass is 9.87. The normalized spacial score (nSPS) is 12.8. The predicted molar refractivity (Wildman–Crippen MR) is 142 cm³/mol. The van der Waals surface area contributed by atoms with Crippen molar-refractivity contribution in [1.29, 1.82) is 0 Å². The van der Waals surface area contributed by atoms with Crippen LogP contribution in [0.15, 0.2) is 97.2 Å². The Morgan fingerprint density at radius 2 is 1.53 bits per heavy atom. The van der Waals surface area contributed by atoms with Crippen LogP contribution in [0.5, 0.6) is 5.75 Å². The highest BCUT2D eigenvalue weighted by molar-refractivity contribution is 6.17. The van der Waals surface area contributed by atoms with E-state index in [1.807, 2.05) is 42.6 Å². The molecule has 1 heterocycles. The summed E-state index contributed by atoms with van der Waals surface area (Å²) in [5.74, 6) is 2.56. The van der Waals surface area contributed by atoms with Crippen LogP contribution in [0.2, 0.25) is 0 Å². The number of nitrogens with zero attached hydrogens (tertiary/aromatic N) is 1. The molecule has 4 aromatic rings. The molecular formula is C31H32ClNO. The van der Waals surface area contributed by atoms with Crippen molar-refractivity contribution in [2.24, 2.45) is 5.92 Å². The predicted octanol–water partition coefficient (Wildman–Crippen LogP) is 8.44. The molecule has 34 heavy (non-hydrogen) atoms. The van der Waals surface area contributed by atoms with Crippen molar-refractivity contribution in [2.75, 3.05) is 0 Å². The largest absolute Gasteiger partial charge is 0.489 e. The van der Waals surface area contributed by atoms with Gasteiger partial charge in [-0.3, -0.25) is 4.98 Å². The van der Waals surface area contributed by atoms with Gasteiger partial charge in [0.05, 0.1) is 5.69 Å². The second-order valence-electron chi connectivity index (χ2n) is 9.17. The van der Waals surface area contributed by atoms with E-state index in [2.05, 4.69) is 73.4 Å². The lowest BCUT2D eigenvalue weighted by Crippen LogP contribution is -2.06. The number of hydrogen-bond donors (Lipinski definition) is 0. The molecule has 2 atom stereocenters. The van der Waals surface area contributed by atoms with E-state index >= 15 is 0 Å². The number of ether oxygens (including phenoxy) is 1. The maximum Gasteiger partial charge on any atom is 0.120 e. The Labute approximate surface area is 208 Å². The number of alkyl halides is 1. The molecule has 2 nitrogen and oxygen atoms in total. The van der Waals surface area contributed by atoms with Gasteiger partial charge >= 0.3 is 0 Å². The summed E-state index contributed by atoms with van der Waals surface area (Å²) in [5, 5.41) is 0. The number of aromatic nitrogens is 1. The first-order valence-electron chi connectivity index (χ1n) is 12.0. The van der Waals surface area contributed by atoms with Gasteiger partial charge in [-0.25, -0.2) is 0 Å². The maximum absolute atomic E-state index is 6.07. The van der Waals surface area contributed by atoms with Gasteiger partial charge in [-0.2, -0.15) is 0 Å². The van der Waals surface area contributed by atoms with Gasteiger partial charge in [0, 0.05) is 17.6 Å². The fourth-order valence-corrected chi connectivity index (χ4v) is 4.56. The van der Waals surface area contributed by atoms with E-state index in [0.717, 1.165) is 29.8 Å². The summed E-state index contributed by atoms with van der Waals surface area (Å²) in [6, 6.07) is 31.6. The van der Waals surface area contributed by atoms with Crippen LogP contribution in [0, 0.1) is 5.92 Å². The van der Waals surface area contributed by atoms with Gasteiger partial charge in [0.15, 0.2) is 0 Å². The van der Waals surface area contributed by atoms with Gasteiger partial charge in [0.25, 0.3) is 0 Å². The molecule has 1 aromatic heterocycles. The molecule has 0 radical (unpaired) electrons. The van der Waals surface area contributed by atoms with Gasteiger partial charge in [-0.1, -0.05) is 80.6 Å². The van der Waals surface area contributed by atoms with Crippen molar-refractivity contribution in [3.63, 3.8) is 0 Å². The third-order valence-corrected chi connectivity index (χ3v) is 6.57. The van der Waals surface area contributed by atoms with Crippen LogP contribution >= 0.6 is 11.6 Å². The molecule has 3 aromatic carbocycles.